The Morgan fingerprint density at radius 2 is 1.88 bits per heavy atom. The van der Waals surface area contributed by atoms with Crippen LogP contribution in [-0.2, 0) is 6.42 Å². The van der Waals surface area contributed by atoms with E-state index in [1.165, 1.54) is 11.1 Å². The SMILES string of the molecule is Cc1cc(CC(C)(C)[Si](C)(C)O)ccc1Br. The summed E-state index contributed by atoms with van der Waals surface area (Å²) in [7, 11) is -2.11. The average molecular weight is 301 g/mol. The van der Waals surface area contributed by atoms with Gasteiger partial charge < -0.3 is 4.80 Å². The molecule has 0 unspecified atom stereocenters. The summed E-state index contributed by atoms with van der Waals surface area (Å²) in [5.41, 5.74) is 2.56. The second kappa shape index (κ2) is 4.63. The van der Waals surface area contributed by atoms with Crippen LogP contribution in [0.3, 0.4) is 0 Å². The van der Waals surface area contributed by atoms with Gasteiger partial charge in [-0.15, -0.1) is 0 Å². The molecule has 0 aliphatic heterocycles. The Morgan fingerprint density at radius 1 is 1.31 bits per heavy atom. The lowest BCUT2D eigenvalue weighted by Crippen LogP contribution is -2.40. The first-order valence-corrected chi connectivity index (χ1v) is 9.35. The predicted molar refractivity (Wildman–Crippen MR) is 76.3 cm³/mol. The molecule has 1 aromatic carbocycles. The zero-order valence-electron chi connectivity index (χ0n) is 10.8. The van der Waals surface area contributed by atoms with Crippen LogP contribution in [0.4, 0.5) is 0 Å². The zero-order valence-corrected chi connectivity index (χ0v) is 13.4. The van der Waals surface area contributed by atoms with Crippen LogP contribution in [0.1, 0.15) is 25.0 Å². The first kappa shape index (κ1) is 13.9. The average Bonchev–Trinajstić information content (AvgIpc) is 2.09. The third-order valence-electron chi connectivity index (χ3n) is 3.52. The Balaban J connectivity index is 2.93. The van der Waals surface area contributed by atoms with Gasteiger partial charge in [0.15, 0.2) is 8.32 Å². The van der Waals surface area contributed by atoms with Crippen LogP contribution in [0, 0.1) is 6.92 Å². The Labute approximate surface area is 108 Å². The molecule has 90 valence electrons. The lowest BCUT2D eigenvalue weighted by atomic mass is 10.0. The van der Waals surface area contributed by atoms with Crippen molar-refractivity contribution in [3.63, 3.8) is 0 Å². The summed E-state index contributed by atoms with van der Waals surface area (Å²) in [6, 6.07) is 6.43. The van der Waals surface area contributed by atoms with Gasteiger partial charge in [-0.25, -0.2) is 0 Å². The van der Waals surface area contributed by atoms with Crippen molar-refractivity contribution in [2.75, 3.05) is 0 Å². The quantitative estimate of drug-likeness (QED) is 0.826. The lowest BCUT2D eigenvalue weighted by molar-refractivity contribution is 0.467. The number of hydrogen-bond donors (Lipinski definition) is 1. The minimum atomic E-state index is -2.11. The van der Waals surface area contributed by atoms with Crippen LogP contribution in [0.25, 0.3) is 0 Å². The van der Waals surface area contributed by atoms with Gasteiger partial charge in [-0.2, -0.15) is 0 Å². The lowest BCUT2D eigenvalue weighted by Gasteiger charge is -2.35. The van der Waals surface area contributed by atoms with Gasteiger partial charge in [0.1, 0.15) is 0 Å². The molecule has 0 atom stereocenters. The van der Waals surface area contributed by atoms with Crippen LogP contribution < -0.4 is 0 Å². The molecular weight excluding hydrogens is 280 g/mol. The van der Waals surface area contributed by atoms with Crippen molar-refractivity contribution < 1.29 is 4.80 Å². The molecule has 0 spiro atoms. The number of benzene rings is 1. The second-order valence-corrected chi connectivity index (χ2v) is 11.0. The van der Waals surface area contributed by atoms with Gasteiger partial charge in [-0.05, 0) is 48.7 Å². The summed E-state index contributed by atoms with van der Waals surface area (Å²) in [4.78, 5) is 10.3. The highest BCUT2D eigenvalue weighted by molar-refractivity contribution is 9.10. The van der Waals surface area contributed by atoms with Gasteiger partial charge in [-0.3, -0.25) is 0 Å². The van der Waals surface area contributed by atoms with Crippen LogP contribution in [-0.4, -0.2) is 13.1 Å². The van der Waals surface area contributed by atoms with Crippen molar-refractivity contribution in [1.82, 2.24) is 0 Å². The predicted octanol–water partition coefficient (Wildman–Crippen LogP) is 4.28. The summed E-state index contributed by atoms with van der Waals surface area (Å²) in [6.45, 7) is 10.5. The molecule has 1 rings (SSSR count). The molecular formula is C13H21BrOSi. The van der Waals surface area contributed by atoms with E-state index in [4.69, 9.17) is 0 Å². The molecule has 3 heteroatoms. The summed E-state index contributed by atoms with van der Waals surface area (Å²) in [5, 5.41) is 0.00721. The smallest absolute Gasteiger partial charge is 0.188 e. The van der Waals surface area contributed by atoms with E-state index in [0.29, 0.717) is 0 Å². The highest BCUT2D eigenvalue weighted by Gasteiger charge is 2.37. The van der Waals surface area contributed by atoms with Crippen molar-refractivity contribution in [2.24, 2.45) is 0 Å². The van der Waals surface area contributed by atoms with E-state index in [1.807, 2.05) is 13.1 Å². The van der Waals surface area contributed by atoms with Crippen molar-refractivity contribution in [2.45, 2.75) is 45.3 Å². The molecule has 0 aliphatic rings. The largest absolute Gasteiger partial charge is 0.432 e. The van der Waals surface area contributed by atoms with Crippen molar-refractivity contribution in [3.8, 4) is 0 Å². The van der Waals surface area contributed by atoms with E-state index in [2.05, 4.69) is 54.9 Å². The fourth-order valence-electron chi connectivity index (χ4n) is 1.54. The van der Waals surface area contributed by atoms with E-state index in [-0.39, 0.29) is 5.04 Å². The molecule has 0 radical (unpaired) electrons. The molecule has 0 heterocycles. The maximum absolute atomic E-state index is 10.3. The molecule has 1 nitrogen and oxygen atoms in total. The van der Waals surface area contributed by atoms with Crippen LogP contribution in [0.15, 0.2) is 22.7 Å². The van der Waals surface area contributed by atoms with Gasteiger partial charge in [0.2, 0.25) is 0 Å². The van der Waals surface area contributed by atoms with E-state index >= 15 is 0 Å². The highest BCUT2D eigenvalue weighted by atomic mass is 79.9. The first-order valence-electron chi connectivity index (χ1n) is 5.61. The molecule has 0 saturated carbocycles. The molecule has 0 aromatic heterocycles. The second-order valence-electron chi connectivity index (χ2n) is 5.70. The number of hydrogen-bond acceptors (Lipinski definition) is 1. The van der Waals surface area contributed by atoms with Gasteiger partial charge in [0.25, 0.3) is 0 Å². The first-order chi connectivity index (χ1) is 7.13. The van der Waals surface area contributed by atoms with Crippen molar-refractivity contribution in [1.29, 1.82) is 0 Å². The monoisotopic (exact) mass is 300 g/mol. The Bertz CT molecular complexity index is 380. The number of rotatable bonds is 3. The Morgan fingerprint density at radius 3 is 2.31 bits per heavy atom. The minimum Gasteiger partial charge on any atom is -0.432 e. The summed E-state index contributed by atoms with van der Waals surface area (Å²) >= 11 is 3.51. The maximum Gasteiger partial charge on any atom is 0.188 e. The van der Waals surface area contributed by atoms with Crippen molar-refractivity contribution in [3.05, 3.63) is 33.8 Å². The molecule has 0 aliphatic carbocycles. The minimum absolute atomic E-state index is 0.00721. The summed E-state index contributed by atoms with van der Waals surface area (Å²) in [5.74, 6) is 0. The van der Waals surface area contributed by atoms with E-state index in [9.17, 15) is 4.80 Å². The molecule has 0 amide bonds. The molecule has 1 aromatic rings. The standard InChI is InChI=1S/C13H21BrOSi/c1-10-8-11(6-7-12(10)14)9-13(2,3)16(4,5)15/h6-8,15H,9H2,1-5H3. The zero-order chi connectivity index (χ0) is 12.6. The number of aryl methyl sites for hydroxylation is 1. The third kappa shape index (κ3) is 3.19. The molecule has 0 fully saturated rings. The van der Waals surface area contributed by atoms with Crippen LogP contribution in [0.2, 0.25) is 18.1 Å². The normalized spacial score (nSPS) is 12.9. The third-order valence-corrected chi connectivity index (χ3v) is 7.90. The topological polar surface area (TPSA) is 20.2 Å². The Hall–Kier alpha value is -0.123. The van der Waals surface area contributed by atoms with Gasteiger partial charge >= 0.3 is 0 Å². The maximum atomic E-state index is 10.3. The van der Waals surface area contributed by atoms with E-state index in [0.717, 1.165) is 10.9 Å². The fraction of sp³-hybridized carbons (Fsp3) is 0.538. The molecule has 1 N–H and O–H groups in total. The van der Waals surface area contributed by atoms with E-state index in [1.54, 1.807) is 0 Å². The van der Waals surface area contributed by atoms with Crippen LogP contribution in [0.5, 0.6) is 0 Å². The van der Waals surface area contributed by atoms with Crippen molar-refractivity contribution >= 4 is 24.2 Å². The van der Waals surface area contributed by atoms with Gasteiger partial charge in [0, 0.05) is 4.47 Å². The van der Waals surface area contributed by atoms with Gasteiger partial charge in [-0.1, -0.05) is 41.9 Å². The Kier molecular flexibility index (Phi) is 4.03. The highest BCUT2D eigenvalue weighted by Crippen LogP contribution is 2.38. The summed E-state index contributed by atoms with van der Waals surface area (Å²) in [6.07, 6.45) is 0.941. The van der Waals surface area contributed by atoms with Crippen LogP contribution >= 0.6 is 15.9 Å². The fourth-order valence-corrected chi connectivity index (χ4v) is 2.43. The summed E-state index contributed by atoms with van der Waals surface area (Å²) < 4.78 is 1.15. The molecule has 0 bridgehead atoms. The number of halogens is 1. The molecule has 16 heavy (non-hydrogen) atoms. The van der Waals surface area contributed by atoms with E-state index < -0.39 is 8.32 Å². The van der Waals surface area contributed by atoms with Gasteiger partial charge in [0.05, 0.1) is 0 Å². The molecule has 0 saturated heterocycles.